The van der Waals surface area contributed by atoms with E-state index in [1.54, 1.807) is 0 Å². The van der Waals surface area contributed by atoms with Crippen LogP contribution in [0.3, 0.4) is 0 Å². The van der Waals surface area contributed by atoms with E-state index >= 15 is 0 Å². The largest absolute Gasteiger partial charge is 0.488 e. The minimum absolute atomic E-state index is 0.0299. The van der Waals surface area contributed by atoms with Crippen molar-refractivity contribution < 1.29 is 9.53 Å². The number of nitrogens with zero attached hydrogens (tertiary/aromatic N) is 1. The number of aliphatic imine (C=N–C) groups is 1. The maximum absolute atomic E-state index is 13.1. The lowest BCUT2D eigenvalue weighted by molar-refractivity contribution is 0.103. The zero-order chi connectivity index (χ0) is 19.8. The van der Waals surface area contributed by atoms with Crippen LogP contribution in [0.2, 0.25) is 0 Å². The molecule has 0 saturated carbocycles. The summed E-state index contributed by atoms with van der Waals surface area (Å²) in [5.74, 6) is 0.733. The Morgan fingerprint density at radius 3 is 2.76 bits per heavy atom. The minimum atomic E-state index is -0.0299. The number of hydrogen-bond acceptors (Lipinski definition) is 3. The van der Waals surface area contributed by atoms with Crippen molar-refractivity contribution in [2.45, 2.75) is 20.1 Å². The summed E-state index contributed by atoms with van der Waals surface area (Å²) < 4.78 is 6.03. The molecule has 29 heavy (non-hydrogen) atoms. The Morgan fingerprint density at radius 1 is 1.03 bits per heavy atom. The lowest BCUT2D eigenvalue weighted by Crippen LogP contribution is -2.04. The molecule has 4 heteroatoms. The first kappa shape index (κ1) is 17.4. The number of rotatable bonds is 5. The van der Waals surface area contributed by atoms with E-state index in [1.807, 2.05) is 79.7 Å². The molecule has 0 saturated heterocycles. The highest BCUT2D eigenvalue weighted by atomic mass is 16.5. The second-order valence-corrected chi connectivity index (χ2v) is 7.28. The molecule has 142 valence electrons. The van der Waals surface area contributed by atoms with Gasteiger partial charge in [-0.05, 0) is 42.3 Å². The molecule has 2 heterocycles. The van der Waals surface area contributed by atoms with Gasteiger partial charge < -0.3 is 9.72 Å². The number of aromatic amines is 1. The van der Waals surface area contributed by atoms with Crippen LogP contribution in [0.5, 0.6) is 5.75 Å². The predicted octanol–water partition coefficient (Wildman–Crippen LogP) is 5.30. The molecule has 0 fully saturated rings. The molecular formula is C25H20N2O2. The first-order valence-electron chi connectivity index (χ1n) is 9.66. The van der Waals surface area contributed by atoms with Gasteiger partial charge in [0.05, 0.1) is 12.2 Å². The standard InChI is InChI=1S/C25H20N2O2/c1-16-20-12-18(10-11-19(20)14-26-16)25(28)23-13-21-22(27-23)8-5-9-24(21)29-15-17-6-3-2-4-7-17/h2-13,27H,14-15H2,1H3. The van der Waals surface area contributed by atoms with Crippen LogP contribution in [-0.4, -0.2) is 16.5 Å². The SMILES string of the molecule is CC1=NCc2ccc(C(=O)c3cc4c(OCc5ccccc5)cccc4[nH]3)cc21. The molecule has 0 aliphatic carbocycles. The van der Waals surface area contributed by atoms with Gasteiger partial charge in [-0.1, -0.05) is 48.5 Å². The van der Waals surface area contributed by atoms with Gasteiger partial charge in [0.1, 0.15) is 12.4 Å². The molecule has 5 rings (SSSR count). The van der Waals surface area contributed by atoms with Gasteiger partial charge in [-0.15, -0.1) is 0 Å². The van der Waals surface area contributed by atoms with Crippen LogP contribution in [0, 0.1) is 0 Å². The quantitative estimate of drug-likeness (QED) is 0.478. The van der Waals surface area contributed by atoms with Crippen LogP contribution in [-0.2, 0) is 13.2 Å². The Bertz CT molecular complexity index is 1250. The normalized spacial score (nSPS) is 12.7. The average molecular weight is 380 g/mol. The van der Waals surface area contributed by atoms with Crippen molar-refractivity contribution in [3.05, 3.63) is 101 Å². The molecular weight excluding hydrogens is 360 g/mol. The van der Waals surface area contributed by atoms with E-state index in [-0.39, 0.29) is 5.78 Å². The fourth-order valence-electron chi connectivity index (χ4n) is 3.75. The number of ether oxygens (including phenoxy) is 1. The van der Waals surface area contributed by atoms with Crippen LogP contribution in [0.25, 0.3) is 10.9 Å². The number of ketones is 1. The Hall–Kier alpha value is -3.66. The smallest absolute Gasteiger partial charge is 0.209 e. The monoisotopic (exact) mass is 380 g/mol. The predicted molar refractivity (Wildman–Crippen MR) is 115 cm³/mol. The zero-order valence-corrected chi connectivity index (χ0v) is 16.1. The number of benzene rings is 3. The topological polar surface area (TPSA) is 54.4 Å². The summed E-state index contributed by atoms with van der Waals surface area (Å²) >= 11 is 0. The summed E-state index contributed by atoms with van der Waals surface area (Å²) in [6.45, 7) is 3.17. The van der Waals surface area contributed by atoms with Gasteiger partial charge in [0.15, 0.2) is 0 Å². The number of fused-ring (bicyclic) bond motifs is 2. The minimum Gasteiger partial charge on any atom is -0.488 e. The van der Waals surface area contributed by atoms with Crippen LogP contribution in [0.1, 0.15) is 39.7 Å². The van der Waals surface area contributed by atoms with Crippen molar-refractivity contribution in [2.24, 2.45) is 4.99 Å². The number of H-pyrrole nitrogens is 1. The molecule has 3 aromatic carbocycles. The lowest BCUT2D eigenvalue weighted by Gasteiger charge is -2.07. The highest BCUT2D eigenvalue weighted by Gasteiger charge is 2.18. The van der Waals surface area contributed by atoms with E-state index in [0.717, 1.165) is 33.5 Å². The summed E-state index contributed by atoms with van der Waals surface area (Å²) in [4.78, 5) is 20.8. The van der Waals surface area contributed by atoms with Crippen molar-refractivity contribution in [3.63, 3.8) is 0 Å². The summed E-state index contributed by atoms with van der Waals surface area (Å²) in [6.07, 6.45) is 0. The summed E-state index contributed by atoms with van der Waals surface area (Å²) in [5.41, 5.74) is 6.44. The van der Waals surface area contributed by atoms with Gasteiger partial charge in [-0.2, -0.15) is 0 Å². The van der Waals surface area contributed by atoms with Gasteiger partial charge in [0, 0.05) is 27.7 Å². The molecule has 4 nitrogen and oxygen atoms in total. The van der Waals surface area contributed by atoms with Gasteiger partial charge in [-0.25, -0.2) is 0 Å². The Balaban J connectivity index is 1.45. The third-order valence-electron chi connectivity index (χ3n) is 5.35. The van der Waals surface area contributed by atoms with Crippen molar-refractivity contribution in [1.82, 2.24) is 4.98 Å². The van der Waals surface area contributed by atoms with Crippen molar-refractivity contribution in [1.29, 1.82) is 0 Å². The molecule has 0 unspecified atom stereocenters. The summed E-state index contributed by atoms with van der Waals surface area (Å²) in [7, 11) is 0. The van der Waals surface area contributed by atoms with Gasteiger partial charge in [0.2, 0.25) is 5.78 Å². The molecule has 1 N–H and O–H groups in total. The van der Waals surface area contributed by atoms with E-state index in [2.05, 4.69) is 9.98 Å². The number of carbonyl (C=O) groups is 1. The molecule has 1 aliphatic rings. The molecule has 0 radical (unpaired) electrons. The maximum atomic E-state index is 13.1. The van der Waals surface area contributed by atoms with E-state index in [1.165, 1.54) is 5.56 Å². The number of hydrogen-bond donors (Lipinski definition) is 1. The van der Waals surface area contributed by atoms with Crippen molar-refractivity contribution in [2.75, 3.05) is 0 Å². The third kappa shape index (κ3) is 3.23. The van der Waals surface area contributed by atoms with Crippen LogP contribution in [0.15, 0.2) is 77.8 Å². The molecule has 4 aromatic rings. The lowest BCUT2D eigenvalue weighted by atomic mass is 10.00. The first-order valence-corrected chi connectivity index (χ1v) is 9.66. The molecule has 0 spiro atoms. The number of carbonyl (C=O) groups excluding carboxylic acids is 1. The molecule has 0 bridgehead atoms. The van der Waals surface area contributed by atoms with Crippen LogP contribution in [0.4, 0.5) is 0 Å². The van der Waals surface area contributed by atoms with Crippen LogP contribution < -0.4 is 4.74 Å². The van der Waals surface area contributed by atoms with Gasteiger partial charge in [-0.3, -0.25) is 9.79 Å². The molecule has 0 amide bonds. The molecule has 1 aromatic heterocycles. The summed E-state index contributed by atoms with van der Waals surface area (Å²) in [6, 6.07) is 23.6. The fraction of sp³-hybridized carbons (Fsp3) is 0.120. The van der Waals surface area contributed by atoms with Gasteiger partial charge in [0.25, 0.3) is 0 Å². The maximum Gasteiger partial charge on any atom is 0.209 e. The molecule has 0 atom stereocenters. The summed E-state index contributed by atoms with van der Waals surface area (Å²) in [5, 5.41) is 0.908. The highest BCUT2D eigenvalue weighted by molar-refractivity contribution is 6.12. The van der Waals surface area contributed by atoms with Crippen molar-refractivity contribution >= 4 is 22.4 Å². The Kier molecular flexibility index (Phi) is 4.24. The van der Waals surface area contributed by atoms with Crippen LogP contribution >= 0.6 is 0 Å². The zero-order valence-electron chi connectivity index (χ0n) is 16.1. The first-order chi connectivity index (χ1) is 14.2. The van der Waals surface area contributed by atoms with E-state index in [0.29, 0.717) is 24.4 Å². The van der Waals surface area contributed by atoms with E-state index in [9.17, 15) is 4.79 Å². The fourth-order valence-corrected chi connectivity index (χ4v) is 3.75. The molecule has 1 aliphatic heterocycles. The van der Waals surface area contributed by atoms with E-state index in [4.69, 9.17) is 4.74 Å². The average Bonchev–Trinajstić information content (AvgIpc) is 3.36. The third-order valence-corrected chi connectivity index (χ3v) is 5.35. The van der Waals surface area contributed by atoms with Crippen molar-refractivity contribution in [3.8, 4) is 5.75 Å². The second-order valence-electron chi connectivity index (χ2n) is 7.28. The van der Waals surface area contributed by atoms with E-state index < -0.39 is 0 Å². The highest BCUT2D eigenvalue weighted by Crippen LogP contribution is 2.29. The Labute approximate surface area is 168 Å². The number of aromatic nitrogens is 1. The Morgan fingerprint density at radius 2 is 1.90 bits per heavy atom. The second kappa shape index (κ2) is 7.06. The number of nitrogens with one attached hydrogen (secondary N) is 1. The van der Waals surface area contributed by atoms with Gasteiger partial charge >= 0.3 is 0 Å².